The molecule has 0 aliphatic heterocycles. The largest absolute Gasteiger partial charge is 0.267 e. The topological polar surface area (TPSA) is 36.7 Å². The van der Waals surface area contributed by atoms with Gasteiger partial charge in [0.1, 0.15) is 0 Å². The van der Waals surface area contributed by atoms with E-state index < -0.39 is 12.0 Å². The van der Waals surface area contributed by atoms with Gasteiger partial charge in [0, 0.05) is 6.20 Å². The third kappa shape index (κ3) is 2.11. The summed E-state index contributed by atoms with van der Waals surface area (Å²) in [6.07, 6.45) is -1.84. The lowest BCUT2D eigenvalue weighted by atomic mass is 10.1. The van der Waals surface area contributed by atoms with E-state index in [1.54, 1.807) is 6.07 Å². The van der Waals surface area contributed by atoms with Crippen LogP contribution < -0.4 is 0 Å². The molecule has 0 saturated carbocycles. The minimum Gasteiger partial charge on any atom is -0.258 e. The number of hydrogen-bond acceptors (Lipinski definition) is 2. The van der Waals surface area contributed by atoms with E-state index in [2.05, 4.69) is 4.98 Å². The fourth-order valence-corrected chi connectivity index (χ4v) is 1.34. The van der Waals surface area contributed by atoms with Gasteiger partial charge in [-0.1, -0.05) is 23.2 Å². The molecule has 2 nitrogen and oxygen atoms in total. The Morgan fingerprint density at radius 2 is 2.14 bits per heavy atom. The molecule has 0 aliphatic rings. The Balaban J connectivity index is 3.31. The van der Waals surface area contributed by atoms with Gasteiger partial charge in [-0.15, -0.1) is 0 Å². The van der Waals surface area contributed by atoms with Crippen molar-refractivity contribution in [2.75, 3.05) is 0 Å². The Hall–Kier alpha value is -0.920. The Morgan fingerprint density at radius 1 is 1.50 bits per heavy atom. The van der Waals surface area contributed by atoms with E-state index in [1.165, 1.54) is 0 Å². The number of alkyl halides is 2. The van der Waals surface area contributed by atoms with Crippen molar-refractivity contribution in [3.05, 3.63) is 27.5 Å². The molecule has 14 heavy (non-hydrogen) atoms. The third-order valence-corrected chi connectivity index (χ3v) is 2.35. The average molecular weight is 237 g/mol. The smallest absolute Gasteiger partial charge is 0.258 e. The van der Waals surface area contributed by atoms with Crippen LogP contribution in [0.2, 0.25) is 10.0 Å². The van der Waals surface area contributed by atoms with Crippen molar-refractivity contribution in [3.8, 4) is 6.07 Å². The van der Waals surface area contributed by atoms with Crippen molar-refractivity contribution in [3.63, 3.8) is 0 Å². The number of halogens is 4. The molecule has 0 saturated heterocycles. The van der Waals surface area contributed by atoms with Gasteiger partial charge in [-0.25, -0.2) is 8.78 Å². The van der Waals surface area contributed by atoms with Gasteiger partial charge in [-0.3, -0.25) is 4.98 Å². The first kappa shape index (κ1) is 11.2. The summed E-state index contributed by atoms with van der Waals surface area (Å²) in [7, 11) is 0. The molecule has 0 radical (unpaired) electrons. The van der Waals surface area contributed by atoms with Crippen LogP contribution in [0.25, 0.3) is 0 Å². The summed E-state index contributed by atoms with van der Waals surface area (Å²) < 4.78 is 25.0. The fraction of sp³-hybridized carbons (Fsp3) is 0.250. The Morgan fingerprint density at radius 3 is 2.64 bits per heavy atom. The lowest BCUT2D eigenvalue weighted by Gasteiger charge is -2.08. The number of aromatic nitrogens is 1. The first-order valence-electron chi connectivity index (χ1n) is 3.55. The summed E-state index contributed by atoms with van der Waals surface area (Å²) in [4.78, 5) is 3.63. The number of hydrogen-bond donors (Lipinski definition) is 0. The standard InChI is InChI=1S/C8H4Cl2F2N2/c9-4-3-14-5(1-2-13)6(7(4)10)8(11)12/h3,8H,1H2. The van der Waals surface area contributed by atoms with Gasteiger partial charge in [0.15, 0.2) is 0 Å². The molecule has 0 spiro atoms. The quantitative estimate of drug-likeness (QED) is 0.790. The summed E-state index contributed by atoms with van der Waals surface area (Å²) >= 11 is 11.1. The molecular weight excluding hydrogens is 233 g/mol. The highest BCUT2D eigenvalue weighted by Crippen LogP contribution is 2.34. The van der Waals surface area contributed by atoms with Gasteiger partial charge in [0.05, 0.1) is 33.8 Å². The van der Waals surface area contributed by atoms with Gasteiger partial charge in [0.2, 0.25) is 0 Å². The van der Waals surface area contributed by atoms with E-state index in [0.29, 0.717) is 0 Å². The number of nitrogens with zero attached hydrogens (tertiary/aromatic N) is 2. The number of nitriles is 1. The van der Waals surface area contributed by atoms with Crippen molar-refractivity contribution >= 4 is 23.2 Å². The highest BCUT2D eigenvalue weighted by molar-refractivity contribution is 6.42. The second kappa shape index (κ2) is 4.54. The summed E-state index contributed by atoms with van der Waals surface area (Å²) in [6.45, 7) is 0. The van der Waals surface area contributed by atoms with E-state index in [4.69, 9.17) is 28.5 Å². The Kier molecular flexibility index (Phi) is 3.62. The van der Waals surface area contributed by atoms with Crippen LogP contribution in [-0.4, -0.2) is 4.98 Å². The van der Waals surface area contributed by atoms with Crippen LogP contribution in [0.3, 0.4) is 0 Å². The lowest BCUT2D eigenvalue weighted by Crippen LogP contribution is -1.99. The van der Waals surface area contributed by atoms with Crippen LogP contribution in [0.1, 0.15) is 17.7 Å². The third-order valence-electron chi connectivity index (χ3n) is 1.56. The van der Waals surface area contributed by atoms with E-state index in [1.807, 2.05) is 0 Å². The van der Waals surface area contributed by atoms with E-state index in [9.17, 15) is 8.78 Å². The summed E-state index contributed by atoms with van der Waals surface area (Å²) in [5.41, 5.74) is -0.488. The molecule has 0 amide bonds. The molecule has 1 aromatic heterocycles. The van der Waals surface area contributed by atoms with Crippen molar-refractivity contribution in [1.29, 1.82) is 5.26 Å². The minimum absolute atomic E-state index is 0.0306. The highest BCUT2D eigenvalue weighted by atomic mass is 35.5. The van der Waals surface area contributed by atoms with Crippen LogP contribution in [0.15, 0.2) is 6.20 Å². The van der Waals surface area contributed by atoms with Gasteiger partial charge >= 0.3 is 0 Å². The molecule has 0 N–H and O–H groups in total. The fourth-order valence-electron chi connectivity index (χ4n) is 0.954. The molecule has 1 heterocycles. The maximum atomic E-state index is 12.5. The summed E-state index contributed by atoms with van der Waals surface area (Å²) in [5, 5.41) is 8.10. The molecule has 0 unspecified atom stereocenters. The molecule has 1 aromatic rings. The van der Waals surface area contributed by atoms with E-state index in [0.717, 1.165) is 6.20 Å². The monoisotopic (exact) mass is 236 g/mol. The maximum absolute atomic E-state index is 12.5. The second-order valence-corrected chi connectivity index (χ2v) is 3.20. The molecular formula is C8H4Cl2F2N2. The van der Waals surface area contributed by atoms with Crippen molar-refractivity contribution in [1.82, 2.24) is 4.98 Å². The second-order valence-electron chi connectivity index (χ2n) is 2.42. The van der Waals surface area contributed by atoms with E-state index >= 15 is 0 Å². The summed E-state index contributed by atoms with van der Waals surface area (Å²) in [6, 6.07) is 1.73. The van der Waals surface area contributed by atoms with Crippen LogP contribution >= 0.6 is 23.2 Å². The molecule has 6 heteroatoms. The number of pyridine rings is 1. The molecule has 0 bridgehead atoms. The predicted octanol–water partition coefficient (Wildman–Crippen LogP) is 3.39. The molecule has 1 rings (SSSR count). The molecule has 0 aliphatic carbocycles. The Bertz CT molecular complexity index is 388. The number of rotatable bonds is 2. The zero-order valence-electron chi connectivity index (χ0n) is 6.77. The molecule has 74 valence electrons. The molecule has 0 aromatic carbocycles. The van der Waals surface area contributed by atoms with Gasteiger partial charge in [-0.05, 0) is 0 Å². The van der Waals surface area contributed by atoms with Crippen LogP contribution in [0.5, 0.6) is 0 Å². The lowest BCUT2D eigenvalue weighted by molar-refractivity contribution is 0.150. The highest BCUT2D eigenvalue weighted by Gasteiger charge is 2.20. The normalized spacial score (nSPS) is 10.3. The van der Waals surface area contributed by atoms with Gasteiger partial charge in [0.25, 0.3) is 6.43 Å². The predicted molar refractivity (Wildman–Crippen MR) is 48.5 cm³/mol. The SMILES string of the molecule is N#CCc1ncc(Cl)c(Cl)c1C(F)F. The van der Waals surface area contributed by atoms with Crippen LogP contribution in [0, 0.1) is 11.3 Å². The average Bonchev–Trinajstić information content (AvgIpc) is 2.11. The van der Waals surface area contributed by atoms with Gasteiger partial charge < -0.3 is 0 Å². The molecule has 0 atom stereocenters. The van der Waals surface area contributed by atoms with Crippen molar-refractivity contribution in [2.24, 2.45) is 0 Å². The zero-order chi connectivity index (χ0) is 10.7. The maximum Gasteiger partial charge on any atom is 0.267 e. The van der Waals surface area contributed by atoms with Crippen molar-refractivity contribution in [2.45, 2.75) is 12.8 Å². The van der Waals surface area contributed by atoms with Crippen LogP contribution in [0.4, 0.5) is 8.78 Å². The minimum atomic E-state index is -2.78. The van der Waals surface area contributed by atoms with Crippen LogP contribution in [-0.2, 0) is 6.42 Å². The summed E-state index contributed by atoms with van der Waals surface area (Å²) in [5.74, 6) is 0. The first-order chi connectivity index (χ1) is 6.57. The molecule has 0 fully saturated rings. The van der Waals surface area contributed by atoms with Crippen molar-refractivity contribution < 1.29 is 8.78 Å². The van der Waals surface area contributed by atoms with E-state index in [-0.39, 0.29) is 22.2 Å². The first-order valence-corrected chi connectivity index (χ1v) is 4.31. The van der Waals surface area contributed by atoms with Gasteiger partial charge in [-0.2, -0.15) is 5.26 Å². The zero-order valence-corrected chi connectivity index (χ0v) is 8.28. The Labute approximate surface area is 89.1 Å².